The Labute approximate surface area is 112 Å². The Kier molecular flexibility index (Phi) is 3.56. The van der Waals surface area contributed by atoms with Crippen molar-refractivity contribution in [3.63, 3.8) is 0 Å². The molecule has 18 heavy (non-hydrogen) atoms. The zero-order chi connectivity index (χ0) is 13.4. The molecule has 2 atom stereocenters. The fraction of sp³-hybridized carbons (Fsp3) is 0.455. The molecule has 1 aliphatic carbocycles. The van der Waals surface area contributed by atoms with Gasteiger partial charge in [-0.15, -0.1) is 0 Å². The number of benzene rings is 1. The highest BCUT2D eigenvalue weighted by Gasteiger charge is 2.36. The van der Waals surface area contributed by atoms with E-state index in [1.165, 1.54) is 12.1 Å². The Morgan fingerprint density at radius 3 is 2.61 bits per heavy atom. The molecular weight excluding hydrogens is 304 g/mol. The Morgan fingerprint density at radius 1 is 1.50 bits per heavy atom. The van der Waals surface area contributed by atoms with Crippen molar-refractivity contribution in [1.82, 2.24) is 0 Å². The van der Waals surface area contributed by atoms with Crippen LogP contribution in [0.1, 0.15) is 24.4 Å². The predicted octanol–water partition coefficient (Wildman–Crippen LogP) is 1.83. The maximum absolute atomic E-state index is 10.8. The lowest BCUT2D eigenvalue weighted by Gasteiger charge is -2.19. The summed E-state index contributed by atoms with van der Waals surface area (Å²) < 4.78 is 0.445. The molecular formula is C11H13BrN2O4. The number of phenolic OH excluding ortho intramolecular Hbond substituents is 1. The minimum Gasteiger partial charge on any atom is -0.502 e. The molecule has 0 amide bonds. The quantitative estimate of drug-likeness (QED) is 0.580. The van der Waals surface area contributed by atoms with Crippen molar-refractivity contribution in [2.24, 2.45) is 11.7 Å². The molecule has 98 valence electrons. The van der Waals surface area contributed by atoms with E-state index >= 15 is 0 Å². The lowest BCUT2D eigenvalue weighted by Crippen LogP contribution is -2.28. The molecule has 1 aliphatic rings. The molecule has 0 saturated heterocycles. The van der Waals surface area contributed by atoms with Gasteiger partial charge in [0.25, 0.3) is 0 Å². The van der Waals surface area contributed by atoms with Gasteiger partial charge in [0, 0.05) is 16.1 Å². The van der Waals surface area contributed by atoms with Gasteiger partial charge in [0.1, 0.15) is 0 Å². The number of aromatic hydroxyl groups is 1. The summed E-state index contributed by atoms with van der Waals surface area (Å²) in [7, 11) is 0. The molecule has 0 spiro atoms. The van der Waals surface area contributed by atoms with E-state index in [9.17, 15) is 20.3 Å². The molecule has 0 unspecified atom stereocenters. The maximum Gasteiger partial charge on any atom is 0.312 e. The van der Waals surface area contributed by atoms with Crippen LogP contribution in [0, 0.1) is 16.0 Å². The normalized spacial score (nSPS) is 18.4. The zero-order valence-electron chi connectivity index (χ0n) is 9.41. The van der Waals surface area contributed by atoms with E-state index in [-0.39, 0.29) is 11.5 Å². The van der Waals surface area contributed by atoms with Crippen LogP contribution in [0.5, 0.6) is 5.75 Å². The van der Waals surface area contributed by atoms with Crippen LogP contribution in [0.25, 0.3) is 0 Å². The highest BCUT2D eigenvalue weighted by Crippen LogP contribution is 2.42. The number of aliphatic hydroxyl groups excluding tert-OH is 1. The minimum absolute atomic E-state index is 0.123. The first-order valence-corrected chi connectivity index (χ1v) is 6.31. The number of hydrogen-bond donors (Lipinski definition) is 3. The van der Waals surface area contributed by atoms with Gasteiger partial charge >= 0.3 is 5.69 Å². The molecule has 6 nitrogen and oxygen atoms in total. The van der Waals surface area contributed by atoms with Crippen molar-refractivity contribution in [3.8, 4) is 5.75 Å². The monoisotopic (exact) mass is 316 g/mol. The van der Waals surface area contributed by atoms with Gasteiger partial charge in [-0.2, -0.15) is 0 Å². The Morgan fingerprint density at radius 2 is 2.11 bits per heavy atom. The van der Waals surface area contributed by atoms with Crippen molar-refractivity contribution < 1.29 is 15.1 Å². The van der Waals surface area contributed by atoms with E-state index in [4.69, 9.17) is 5.73 Å². The average molecular weight is 317 g/mol. The van der Waals surface area contributed by atoms with Crippen LogP contribution in [-0.4, -0.2) is 21.2 Å². The van der Waals surface area contributed by atoms with E-state index in [2.05, 4.69) is 15.9 Å². The molecule has 0 heterocycles. The molecule has 1 saturated carbocycles. The number of nitrogens with zero attached hydrogens (tertiary/aromatic N) is 1. The minimum atomic E-state index is -0.825. The fourth-order valence-electron chi connectivity index (χ4n) is 1.91. The average Bonchev–Trinajstić information content (AvgIpc) is 3.13. The van der Waals surface area contributed by atoms with E-state index < -0.39 is 28.5 Å². The van der Waals surface area contributed by atoms with Gasteiger partial charge in [-0.25, -0.2) is 0 Å². The summed E-state index contributed by atoms with van der Waals surface area (Å²) >= 11 is 3.13. The van der Waals surface area contributed by atoms with Gasteiger partial charge in [-0.05, 0) is 24.8 Å². The molecule has 0 aliphatic heterocycles. The standard InChI is InChI=1S/C11H13BrN2O4/c12-6-3-7(9(13)10(15)5-1-2-5)11(16)8(4-6)14(17)18/h3-5,9-10,15-16H,1-2,13H2/t9-,10+/m1/s1. The number of hydrogen-bond acceptors (Lipinski definition) is 5. The van der Waals surface area contributed by atoms with Crippen LogP contribution in [0.4, 0.5) is 5.69 Å². The van der Waals surface area contributed by atoms with E-state index in [0.717, 1.165) is 12.8 Å². The fourth-order valence-corrected chi connectivity index (χ4v) is 2.38. The van der Waals surface area contributed by atoms with Gasteiger partial charge < -0.3 is 15.9 Å². The second-order valence-electron chi connectivity index (χ2n) is 4.47. The smallest absolute Gasteiger partial charge is 0.312 e. The zero-order valence-corrected chi connectivity index (χ0v) is 11.0. The third-order valence-corrected chi connectivity index (χ3v) is 3.57. The Balaban J connectivity index is 2.39. The van der Waals surface area contributed by atoms with Gasteiger partial charge in [0.2, 0.25) is 0 Å². The first-order valence-electron chi connectivity index (χ1n) is 5.52. The SMILES string of the molecule is N[C@H](c1cc(Br)cc([N+](=O)[O-])c1O)[C@@H](O)C1CC1. The largest absolute Gasteiger partial charge is 0.502 e. The summed E-state index contributed by atoms with van der Waals surface area (Å²) in [6.45, 7) is 0. The van der Waals surface area contributed by atoms with E-state index in [1.807, 2.05) is 0 Å². The van der Waals surface area contributed by atoms with Gasteiger partial charge in [0.15, 0.2) is 5.75 Å². The highest BCUT2D eigenvalue weighted by molar-refractivity contribution is 9.10. The molecule has 1 aromatic rings. The number of nitro benzene ring substituents is 1. The van der Waals surface area contributed by atoms with Gasteiger partial charge in [-0.3, -0.25) is 10.1 Å². The van der Waals surface area contributed by atoms with E-state index in [0.29, 0.717) is 4.47 Å². The molecule has 0 aromatic heterocycles. The van der Waals surface area contributed by atoms with Crippen LogP contribution in [0.15, 0.2) is 16.6 Å². The predicted molar refractivity (Wildman–Crippen MR) is 68.1 cm³/mol. The van der Waals surface area contributed by atoms with Crippen LogP contribution >= 0.6 is 15.9 Å². The van der Waals surface area contributed by atoms with Crippen molar-refractivity contribution >= 4 is 21.6 Å². The summed E-state index contributed by atoms with van der Waals surface area (Å²) in [6, 6.07) is 1.88. The van der Waals surface area contributed by atoms with Crippen molar-refractivity contribution in [2.75, 3.05) is 0 Å². The second-order valence-corrected chi connectivity index (χ2v) is 5.39. The molecule has 7 heteroatoms. The number of nitro groups is 1. The number of rotatable bonds is 4. The Bertz CT molecular complexity index is 490. The maximum atomic E-state index is 10.8. The number of aliphatic hydroxyl groups is 1. The number of nitrogens with two attached hydrogens (primary N) is 1. The first kappa shape index (κ1) is 13.3. The second kappa shape index (κ2) is 4.83. The van der Waals surface area contributed by atoms with E-state index in [1.54, 1.807) is 0 Å². The third-order valence-electron chi connectivity index (χ3n) is 3.11. The molecule has 1 fully saturated rings. The third kappa shape index (κ3) is 2.47. The summed E-state index contributed by atoms with van der Waals surface area (Å²) in [6.07, 6.45) is 1.00. The summed E-state index contributed by atoms with van der Waals surface area (Å²) in [5.41, 5.74) is 5.64. The molecule has 4 N–H and O–H groups in total. The summed E-state index contributed by atoms with van der Waals surface area (Å²) in [4.78, 5) is 10.1. The number of phenols is 1. The first-order chi connectivity index (χ1) is 8.41. The van der Waals surface area contributed by atoms with Crippen LogP contribution in [0.2, 0.25) is 0 Å². The Hall–Kier alpha value is -1.18. The highest BCUT2D eigenvalue weighted by atomic mass is 79.9. The van der Waals surface area contributed by atoms with Crippen LogP contribution < -0.4 is 5.73 Å². The molecule has 2 rings (SSSR count). The number of halogens is 1. The molecule has 0 bridgehead atoms. The lowest BCUT2D eigenvalue weighted by molar-refractivity contribution is -0.386. The lowest BCUT2D eigenvalue weighted by atomic mass is 9.97. The molecule has 1 aromatic carbocycles. The van der Waals surface area contributed by atoms with Gasteiger partial charge in [-0.1, -0.05) is 15.9 Å². The molecule has 0 radical (unpaired) electrons. The van der Waals surface area contributed by atoms with Crippen LogP contribution in [0.3, 0.4) is 0 Å². The van der Waals surface area contributed by atoms with Gasteiger partial charge in [0.05, 0.1) is 17.1 Å². The summed E-state index contributed by atoms with van der Waals surface area (Å²) in [5, 5.41) is 30.6. The topological polar surface area (TPSA) is 110 Å². The van der Waals surface area contributed by atoms with Crippen LogP contribution in [-0.2, 0) is 0 Å². The van der Waals surface area contributed by atoms with Crippen molar-refractivity contribution in [3.05, 3.63) is 32.3 Å². The van der Waals surface area contributed by atoms with Crippen molar-refractivity contribution in [1.29, 1.82) is 0 Å². The summed E-state index contributed by atoms with van der Waals surface area (Å²) in [5.74, 6) is -0.354. The van der Waals surface area contributed by atoms with Crippen molar-refractivity contribution in [2.45, 2.75) is 25.0 Å².